The lowest BCUT2D eigenvalue weighted by Gasteiger charge is -2.11. The zero-order valence-electron chi connectivity index (χ0n) is 10.3. The highest BCUT2D eigenvalue weighted by Crippen LogP contribution is 2.35. The van der Waals surface area contributed by atoms with Crippen molar-refractivity contribution in [2.75, 3.05) is 14.2 Å². The summed E-state index contributed by atoms with van der Waals surface area (Å²) in [5.74, 6) is 0.549. The molecule has 0 aliphatic carbocycles. The van der Waals surface area contributed by atoms with E-state index in [0.717, 1.165) is 4.47 Å². The molecule has 2 aromatic rings. The first-order valence-corrected chi connectivity index (χ1v) is 7.51. The molecule has 2 N–H and O–H groups in total. The molecule has 2 rings (SSSR count). The smallest absolute Gasteiger partial charge is 0.278 e. The van der Waals surface area contributed by atoms with Crippen LogP contribution in [0, 0.1) is 0 Å². The number of halogens is 1. The highest BCUT2D eigenvalue weighted by molar-refractivity contribution is 9.10. The quantitative estimate of drug-likeness (QED) is 0.825. The molecular weight excluding hydrogens is 335 g/mol. The van der Waals surface area contributed by atoms with Gasteiger partial charge in [-0.1, -0.05) is 15.9 Å². The highest BCUT2D eigenvalue weighted by Gasteiger charge is 2.15. The summed E-state index contributed by atoms with van der Waals surface area (Å²) in [6, 6.07) is 3.56. The van der Waals surface area contributed by atoms with Crippen molar-refractivity contribution in [2.24, 2.45) is 0 Å². The van der Waals surface area contributed by atoms with E-state index in [1.807, 2.05) is 0 Å². The Balaban J connectivity index is 2.68. The molecule has 1 aromatic heterocycles. The lowest BCUT2D eigenvalue weighted by Crippen LogP contribution is -1.99. The van der Waals surface area contributed by atoms with E-state index in [1.54, 1.807) is 12.1 Å². The van der Waals surface area contributed by atoms with Gasteiger partial charge in [0.05, 0.1) is 25.3 Å². The van der Waals surface area contributed by atoms with Gasteiger partial charge in [0.15, 0.2) is 8.38 Å². The van der Waals surface area contributed by atoms with Gasteiger partial charge in [-0.05, 0) is 17.7 Å². The fourth-order valence-electron chi connectivity index (χ4n) is 1.70. The Kier molecular flexibility index (Phi) is 4.52. The molecule has 1 heterocycles. The molecule has 0 fully saturated rings. The van der Waals surface area contributed by atoms with Crippen LogP contribution < -0.4 is 9.47 Å². The van der Waals surface area contributed by atoms with E-state index in [4.69, 9.17) is 9.47 Å². The number of aromatic nitrogens is 2. The summed E-state index contributed by atoms with van der Waals surface area (Å²) < 4.78 is 11.0. The molecule has 0 unspecified atom stereocenters. The number of fused-ring (bicyclic) bond motifs is 1. The van der Waals surface area contributed by atoms with E-state index in [0.29, 0.717) is 16.6 Å². The van der Waals surface area contributed by atoms with Crippen LogP contribution in [0.1, 0.15) is 5.56 Å². The number of rotatable bonds is 4. The van der Waals surface area contributed by atoms with E-state index in [-0.39, 0.29) is 17.9 Å². The van der Waals surface area contributed by atoms with Crippen LogP contribution in [0.5, 0.6) is 11.8 Å². The van der Waals surface area contributed by atoms with Gasteiger partial charge in [-0.25, -0.2) is 9.97 Å². The third-order valence-corrected chi connectivity index (χ3v) is 3.53. The average molecular weight is 347 g/mol. The highest BCUT2D eigenvalue weighted by atomic mass is 79.9. The minimum atomic E-state index is -2.05. The van der Waals surface area contributed by atoms with Gasteiger partial charge >= 0.3 is 0 Å². The molecule has 8 heteroatoms. The van der Waals surface area contributed by atoms with Crippen molar-refractivity contribution in [1.29, 1.82) is 0 Å². The van der Waals surface area contributed by atoms with E-state index < -0.39 is 8.38 Å². The normalized spacial score (nSPS) is 11.1. The molecule has 102 valence electrons. The molecule has 0 saturated heterocycles. The molecular formula is C11H12BrN2O4P. The van der Waals surface area contributed by atoms with E-state index in [2.05, 4.69) is 25.9 Å². The predicted molar refractivity (Wildman–Crippen MR) is 75.4 cm³/mol. The predicted octanol–water partition coefficient (Wildman–Crippen LogP) is 2.21. The minimum absolute atomic E-state index is 0.120. The maximum absolute atomic E-state index is 9.18. The molecule has 0 amide bonds. The van der Waals surface area contributed by atoms with Crippen molar-refractivity contribution in [3.05, 3.63) is 22.2 Å². The molecule has 0 saturated carbocycles. The van der Waals surface area contributed by atoms with Crippen LogP contribution in [0.3, 0.4) is 0 Å². The van der Waals surface area contributed by atoms with E-state index >= 15 is 0 Å². The largest absolute Gasteiger partial charge is 0.477 e. The van der Waals surface area contributed by atoms with Crippen molar-refractivity contribution in [1.82, 2.24) is 9.97 Å². The van der Waals surface area contributed by atoms with E-state index in [9.17, 15) is 9.79 Å². The fraction of sp³-hybridized carbons (Fsp3) is 0.273. The van der Waals surface area contributed by atoms with Gasteiger partial charge in [0.2, 0.25) is 0 Å². The Morgan fingerprint density at radius 3 is 2.37 bits per heavy atom. The van der Waals surface area contributed by atoms with E-state index in [1.165, 1.54) is 14.2 Å². The van der Waals surface area contributed by atoms with Crippen LogP contribution in [0.25, 0.3) is 11.0 Å². The van der Waals surface area contributed by atoms with Crippen LogP contribution in [0.4, 0.5) is 0 Å². The van der Waals surface area contributed by atoms with Gasteiger partial charge in [0, 0.05) is 10.6 Å². The molecule has 0 atom stereocenters. The van der Waals surface area contributed by atoms with Crippen LogP contribution in [-0.2, 0) is 6.16 Å². The second-order valence-corrected chi connectivity index (χ2v) is 5.68. The monoisotopic (exact) mass is 346 g/mol. The lowest BCUT2D eigenvalue weighted by molar-refractivity contribution is 0.334. The molecule has 0 radical (unpaired) electrons. The van der Waals surface area contributed by atoms with Gasteiger partial charge in [-0.3, -0.25) is 0 Å². The first-order chi connectivity index (χ1) is 9.05. The van der Waals surface area contributed by atoms with Crippen molar-refractivity contribution in [3.8, 4) is 11.8 Å². The number of benzene rings is 1. The summed E-state index contributed by atoms with van der Waals surface area (Å²) in [6.07, 6.45) is 0.120. The molecule has 19 heavy (non-hydrogen) atoms. The van der Waals surface area contributed by atoms with Crippen molar-refractivity contribution < 1.29 is 19.3 Å². The Morgan fingerprint density at radius 1 is 1.16 bits per heavy atom. The third kappa shape index (κ3) is 3.12. The third-order valence-electron chi connectivity index (χ3n) is 2.45. The number of hydrogen-bond donors (Lipinski definition) is 2. The standard InChI is InChI=1S/C11H12BrN2O4P/c1-17-10-11(18-2)14-9-6(5-19(15)16)3-7(12)4-8(9)13-10/h3-4,15-16H,5H2,1-2H3. The number of hydrogen-bond acceptors (Lipinski definition) is 6. The minimum Gasteiger partial charge on any atom is -0.477 e. The Bertz CT molecular complexity index is 609. The number of methoxy groups -OCH3 is 2. The zero-order chi connectivity index (χ0) is 14.0. The molecule has 0 spiro atoms. The first-order valence-electron chi connectivity index (χ1n) is 5.28. The summed E-state index contributed by atoms with van der Waals surface area (Å²) in [7, 11) is 0.910. The Morgan fingerprint density at radius 2 is 1.79 bits per heavy atom. The van der Waals surface area contributed by atoms with Gasteiger partial charge in [-0.15, -0.1) is 0 Å². The molecule has 0 bridgehead atoms. The molecule has 0 aliphatic rings. The summed E-state index contributed by atoms with van der Waals surface area (Å²) in [4.78, 5) is 27.0. The number of ether oxygens (including phenoxy) is 2. The maximum Gasteiger partial charge on any atom is 0.278 e. The summed E-state index contributed by atoms with van der Waals surface area (Å²) in [5, 5.41) is 0. The molecule has 1 aromatic carbocycles. The van der Waals surface area contributed by atoms with Crippen molar-refractivity contribution >= 4 is 35.3 Å². The molecule has 6 nitrogen and oxygen atoms in total. The summed E-state index contributed by atoms with van der Waals surface area (Å²) >= 11 is 3.36. The van der Waals surface area contributed by atoms with Gasteiger partial charge in [0.25, 0.3) is 11.8 Å². The first kappa shape index (κ1) is 14.4. The number of nitrogens with zero attached hydrogens (tertiary/aromatic N) is 2. The van der Waals surface area contributed by atoms with Gasteiger partial charge in [-0.2, -0.15) is 0 Å². The summed E-state index contributed by atoms with van der Waals surface area (Å²) in [6.45, 7) is 0. The van der Waals surface area contributed by atoms with Crippen LogP contribution in [-0.4, -0.2) is 34.0 Å². The van der Waals surface area contributed by atoms with Crippen molar-refractivity contribution in [2.45, 2.75) is 6.16 Å². The topological polar surface area (TPSA) is 84.7 Å². The average Bonchev–Trinajstić information content (AvgIpc) is 2.36. The summed E-state index contributed by atoms with van der Waals surface area (Å²) in [5.41, 5.74) is 1.85. The fourth-order valence-corrected chi connectivity index (χ4v) is 2.74. The Hall–Kier alpha value is -1.01. The SMILES string of the molecule is COc1nc2cc(Br)cc(CP(O)O)c2nc1OC. The van der Waals surface area contributed by atoms with Crippen LogP contribution >= 0.6 is 24.3 Å². The second kappa shape index (κ2) is 5.96. The van der Waals surface area contributed by atoms with Gasteiger partial charge in [0.1, 0.15) is 0 Å². The van der Waals surface area contributed by atoms with Crippen LogP contribution in [0.15, 0.2) is 16.6 Å². The zero-order valence-corrected chi connectivity index (χ0v) is 12.8. The molecule has 0 aliphatic heterocycles. The second-order valence-electron chi connectivity index (χ2n) is 3.71. The van der Waals surface area contributed by atoms with Gasteiger partial charge < -0.3 is 19.3 Å². The lowest BCUT2D eigenvalue weighted by atomic mass is 10.2. The Labute approximate surface area is 119 Å². The van der Waals surface area contributed by atoms with Crippen LogP contribution in [0.2, 0.25) is 0 Å². The maximum atomic E-state index is 9.18. The van der Waals surface area contributed by atoms with Crippen molar-refractivity contribution in [3.63, 3.8) is 0 Å².